The number of hydrogen-bond donors (Lipinski definition) is 0. The van der Waals surface area contributed by atoms with Crippen molar-refractivity contribution < 1.29 is 9.32 Å². The molecular formula is C26H26N6O3. The Labute approximate surface area is 202 Å². The Morgan fingerprint density at radius 2 is 1.71 bits per heavy atom. The molecule has 5 rings (SSSR count). The third kappa shape index (κ3) is 4.84. The minimum atomic E-state index is -0.305. The Morgan fingerprint density at radius 3 is 2.46 bits per heavy atom. The summed E-state index contributed by atoms with van der Waals surface area (Å²) in [5, 5.41) is 8.39. The van der Waals surface area contributed by atoms with Crippen LogP contribution in [0.2, 0.25) is 0 Å². The van der Waals surface area contributed by atoms with Gasteiger partial charge in [0.2, 0.25) is 0 Å². The van der Waals surface area contributed by atoms with Crippen LogP contribution in [0.3, 0.4) is 0 Å². The van der Waals surface area contributed by atoms with Crippen LogP contribution in [-0.4, -0.2) is 56.9 Å². The molecule has 35 heavy (non-hydrogen) atoms. The number of nitrogens with zero attached hydrogens (tertiary/aromatic N) is 6. The van der Waals surface area contributed by atoms with Crippen LogP contribution in [0.5, 0.6) is 0 Å². The Balaban J connectivity index is 1.27. The molecule has 4 aromatic rings. The van der Waals surface area contributed by atoms with Gasteiger partial charge in [-0.3, -0.25) is 9.59 Å². The molecule has 2 aromatic carbocycles. The molecule has 1 saturated heterocycles. The predicted molar refractivity (Wildman–Crippen MR) is 131 cm³/mol. The molecule has 2 aromatic heterocycles. The van der Waals surface area contributed by atoms with E-state index >= 15 is 0 Å². The van der Waals surface area contributed by atoms with Gasteiger partial charge < -0.3 is 14.3 Å². The molecule has 0 atom stereocenters. The molecule has 0 radical (unpaired) electrons. The smallest absolute Gasteiger partial charge is 0.316 e. The lowest BCUT2D eigenvalue weighted by molar-refractivity contribution is 0.0696. The van der Waals surface area contributed by atoms with E-state index in [1.54, 1.807) is 11.0 Å². The average Bonchev–Trinajstić information content (AvgIpc) is 3.36. The molecule has 0 spiro atoms. The molecule has 0 bridgehead atoms. The van der Waals surface area contributed by atoms with Crippen LogP contribution in [0.15, 0.2) is 70.0 Å². The zero-order valence-electron chi connectivity index (χ0n) is 19.7. The Morgan fingerprint density at radius 1 is 0.943 bits per heavy atom. The number of hydrogen-bond acceptors (Lipinski definition) is 7. The minimum absolute atomic E-state index is 0.0100. The van der Waals surface area contributed by atoms with E-state index in [2.05, 4.69) is 32.3 Å². The summed E-state index contributed by atoms with van der Waals surface area (Å²) in [5.74, 6) is -0.157. The van der Waals surface area contributed by atoms with Crippen molar-refractivity contribution >= 4 is 11.6 Å². The minimum Gasteiger partial charge on any atom is -0.368 e. The van der Waals surface area contributed by atoms with Gasteiger partial charge in [0, 0.05) is 43.5 Å². The summed E-state index contributed by atoms with van der Waals surface area (Å²) < 4.78 is 6.52. The lowest BCUT2D eigenvalue weighted by atomic mass is 10.0. The van der Waals surface area contributed by atoms with Gasteiger partial charge >= 0.3 is 11.8 Å². The molecule has 1 aliphatic heterocycles. The van der Waals surface area contributed by atoms with Crippen LogP contribution in [0.1, 0.15) is 27.6 Å². The Bertz CT molecular complexity index is 1400. The fourth-order valence-corrected chi connectivity index (χ4v) is 4.10. The third-order valence-corrected chi connectivity index (χ3v) is 6.30. The van der Waals surface area contributed by atoms with Crippen LogP contribution in [0.4, 0.5) is 5.69 Å². The fraction of sp³-hybridized carbons (Fsp3) is 0.269. The van der Waals surface area contributed by atoms with Crippen molar-refractivity contribution in [3.63, 3.8) is 0 Å². The zero-order chi connectivity index (χ0) is 24.4. The first kappa shape index (κ1) is 22.5. The van der Waals surface area contributed by atoms with Crippen LogP contribution in [0, 0.1) is 13.8 Å². The molecule has 1 fully saturated rings. The number of piperazine rings is 1. The summed E-state index contributed by atoms with van der Waals surface area (Å²) >= 11 is 0. The van der Waals surface area contributed by atoms with Crippen molar-refractivity contribution in [2.24, 2.45) is 0 Å². The van der Waals surface area contributed by atoms with E-state index in [-0.39, 0.29) is 29.7 Å². The average molecular weight is 471 g/mol. The molecular weight excluding hydrogens is 444 g/mol. The van der Waals surface area contributed by atoms with Crippen molar-refractivity contribution in [1.29, 1.82) is 0 Å². The summed E-state index contributed by atoms with van der Waals surface area (Å²) in [5.41, 5.74) is 4.78. The normalized spacial score (nSPS) is 13.8. The summed E-state index contributed by atoms with van der Waals surface area (Å²) in [7, 11) is 0. The quantitative estimate of drug-likeness (QED) is 0.442. The van der Waals surface area contributed by atoms with E-state index in [1.807, 2.05) is 50.2 Å². The summed E-state index contributed by atoms with van der Waals surface area (Å²) in [6.45, 7) is 6.66. The molecule has 0 N–H and O–H groups in total. The topological polar surface area (TPSA) is 97.4 Å². The number of benzene rings is 2. The van der Waals surface area contributed by atoms with Gasteiger partial charge in [-0.2, -0.15) is 10.1 Å². The summed E-state index contributed by atoms with van der Waals surface area (Å²) in [6.07, 6.45) is 0. The largest absolute Gasteiger partial charge is 0.368 e. The first-order valence-electron chi connectivity index (χ1n) is 11.6. The van der Waals surface area contributed by atoms with Crippen LogP contribution >= 0.6 is 0 Å². The highest BCUT2D eigenvalue weighted by Gasteiger charge is 2.26. The van der Waals surface area contributed by atoms with Crippen LogP contribution in [-0.2, 0) is 6.54 Å². The third-order valence-electron chi connectivity index (χ3n) is 6.30. The van der Waals surface area contributed by atoms with Gasteiger partial charge in [0.15, 0.2) is 5.82 Å². The van der Waals surface area contributed by atoms with E-state index in [4.69, 9.17) is 4.52 Å². The molecule has 3 heterocycles. The van der Waals surface area contributed by atoms with Gasteiger partial charge in [0.25, 0.3) is 5.56 Å². The highest BCUT2D eigenvalue weighted by molar-refractivity contribution is 5.89. The second-order valence-corrected chi connectivity index (χ2v) is 8.64. The number of aromatic nitrogens is 4. The second-order valence-electron chi connectivity index (χ2n) is 8.64. The number of rotatable bonds is 5. The Hall–Kier alpha value is -4.27. The SMILES string of the molecule is Cc1ccc(-c2ccc(=O)n(Cc3noc(C(=O)N4CCN(c5ccccc5)CC4)n3)n2)cc1C. The van der Waals surface area contributed by atoms with Crippen molar-refractivity contribution in [2.45, 2.75) is 20.4 Å². The van der Waals surface area contributed by atoms with Crippen LogP contribution in [0.25, 0.3) is 11.3 Å². The van der Waals surface area contributed by atoms with Gasteiger partial charge in [-0.1, -0.05) is 35.5 Å². The highest BCUT2D eigenvalue weighted by atomic mass is 16.5. The van der Waals surface area contributed by atoms with Gasteiger partial charge in [0.05, 0.1) is 5.69 Å². The molecule has 9 nitrogen and oxygen atoms in total. The molecule has 9 heteroatoms. The van der Waals surface area contributed by atoms with E-state index in [9.17, 15) is 9.59 Å². The highest BCUT2D eigenvalue weighted by Crippen LogP contribution is 2.20. The monoisotopic (exact) mass is 470 g/mol. The molecule has 0 aliphatic carbocycles. The van der Waals surface area contributed by atoms with Gasteiger partial charge in [0.1, 0.15) is 6.54 Å². The van der Waals surface area contributed by atoms with E-state index in [0.29, 0.717) is 18.8 Å². The molecule has 178 valence electrons. The number of aryl methyl sites for hydroxylation is 2. The van der Waals surface area contributed by atoms with Crippen molar-refractivity contribution in [3.05, 3.63) is 93.9 Å². The summed E-state index contributed by atoms with van der Waals surface area (Å²) in [4.78, 5) is 33.5. The maximum absolute atomic E-state index is 12.9. The molecule has 1 amide bonds. The maximum Gasteiger partial charge on any atom is 0.316 e. The fourth-order valence-electron chi connectivity index (χ4n) is 4.10. The Kier molecular flexibility index (Phi) is 6.13. The van der Waals surface area contributed by atoms with Gasteiger partial charge in [-0.25, -0.2) is 4.68 Å². The number of amides is 1. The van der Waals surface area contributed by atoms with Gasteiger partial charge in [-0.15, -0.1) is 0 Å². The molecule has 0 saturated carbocycles. The molecule has 0 unspecified atom stereocenters. The first-order chi connectivity index (χ1) is 17.0. The summed E-state index contributed by atoms with van der Waals surface area (Å²) in [6, 6.07) is 19.3. The number of carbonyl (C=O) groups is 1. The first-order valence-corrected chi connectivity index (χ1v) is 11.6. The number of anilines is 1. The van der Waals surface area contributed by atoms with E-state index < -0.39 is 0 Å². The second kappa shape index (κ2) is 9.54. The van der Waals surface area contributed by atoms with Crippen LogP contribution < -0.4 is 10.5 Å². The van der Waals surface area contributed by atoms with Crippen molar-refractivity contribution in [1.82, 2.24) is 24.8 Å². The number of para-hydroxylation sites is 1. The zero-order valence-corrected chi connectivity index (χ0v) is 19.7. The van der Waals surface area contributed by atoms with Crippen molar-refractivity contribution in [2.75, 3.05) is 31.1 Å². The number of carbonyl (C=O) groups excluding carboxylic acids is 1. The lowest BCUT2D eigenvalue weighted by Gasteiger charge is -2.35. The van der Waals surface area contributed by atoms with E-state index in [0.717, 1.165) is 29.9 Å². The van der Waals surface area contributed by atoms with Gasteiger partial charge in [-0.05, 0) is 49.2 Å². The lowest BCUT2D eigenvalue weighted by Crippen LogP contribution is -2.48. The maximum atomic E-state index is 12.9. The molecule has 1 aliphatic rings. The van der Waals surface area contributed by atoms with Crippen molar-refractivity contribution in [3.8, 4) is 11.3 Å². The standard InChI is InChI=1S/C26H26N6O3/c1-18-8-9-20(16-19(18)2)22-10-11-24(33)32(28-22)17-23-27-25(35-29-23)26(34)31-14-12-30(13-15-31)21-6-4-3-5-7-21/h3-11,16H,12-15,17H2,1-2H3. The van der Waals surface area contributed by atoms with E-state index in [1.165, 1.54) is 16.3 Å². The predicted octanol–water partition coefficient (Wildman–Crippen LogP) is 2.92.